The maximum Gasteiger partial charge on any atom is 0.501 e. The zero-order chi connectivity index (χ0) is 22.8. The molecule has 0 aliphatic heterocycles. The third kappa shape index (κ3) is 9.28. The second-order valence-electron chi connectivity index (χ2n) is 5.10. The summed E-state index contributed by atoms with van der Waals surface area (Å²) in [4.78, 5) is 22.0. The van der Waals surface area contributed by atoms with Crippen LogP contribution in [0.5, 0.6) is 0 Å². The van der Waals surface area contributed by atoms with Crippen LogP contribution in [0.3, 0.4) is 0 Å². The van der Waals surface area contributed by atoms with Crippen LogP contribution >= 0.6 is 15.9 Å². The van der Waals surface area contributed by atoms with E-state index in [0.29, 0.717) is 21.7 Å². The van der Waals surface area contributed by atoms with Crippen molar-refractivity contribution in [1.82, 2.24) is 19.6 Å². The van der Waals surface area contributed by atoms with E-state index in [0.717, 1.165) is 0 Å². The molecule has 0 spiro atoms. The molecule has 0 N–H and O–H groups in total. The number of hydrogen-bond acceptors (Lipinski definition) is 6. The Morgan fingerprint density at radius 3 is 1.72 bits per heavy atom. The lowest BCUT2D eigenvalue weighted by Crippen LogP contribution is -2.08. The molecule has 0 aromatic carbocycles. The minimum Gasteiger partial charge on any atom is -0.464 e. The van der Waals surface area contributed by atoms with Gasteiger partial charge in [0, 0.05) is 20.2 Å². The molecule has 0 radical (unpaired) electrons. The molecule has 2 heterocycles. The minimum absolute atomic E-state index is 0. The molecule has 0 saturated carbocycles. The van der Waals surface area contributed by atoms with Crippen molar-refractivity contribution in [2.75, 3.05) is 14.2 Å². The standard InChI is InChI=1S/C8H10N2O2.C6H7BrN2O2.C2H3BF3/c1-4-6-5-7(8(11)12-3)10(2)9-6;1-9-4(6(10)11-2)3-5(7)8-9;1-2-3(4,5)6/h4-5H,1H2,2-3H3;3H,1-2H3;2H,1H2/q;;-1. The Labute approximate surface area is 174 Å². The third-order valence-electron chi connectivity index (χ3n) is 3.01. The zero-order valence-electron chi connectivity index (χ0n) is 16.2. The van der Waals surface area contributed by atoms with Gasteiger partial charge in [-0.25, -0.2) is 9.59 Å². The molecular formula is C16H20BBrF3N4O4-. The predicted molar refractivity (Wildman–Crippen MR) is 106 cm³/mol. The predicted octanol–water partition coefficient (Wildman–Crippen LogP) is 3.38. The van der Waals surface area contributed by atoms with Crippen LogP contribution in [0.2, 0.25) is 0 Å². The van der Waals surface area contributed by atoms with Crippen molar-refractivity contribution in [3.8, 4) is 0 Å². The monoisotopic (exact) mass is 479 g/mol. The van der Waals surface area contributed by atoms with Crippen molar-refractivity contribution in [1.29, 1.82) is 0 Å². The molecule has 13 heteroatoms. The Bertz CT molecular complexity index is 865. The second kappa shape index (κ2) is 11.9. The van der Waals surface area contributed by atoms with E-state index >= 15 is 0 Å². The molecule has 2 rings (SSSR count). The van der Waals surface area contributed by atoms with Gasteiger partial charge in [0.05, 0.1) is 19.9 Å². The number of aryl methyl sites for hydroxylation is 2. The van der Waals surface area contributed by atoms with Gasteiger partial charge >= 0.3 is 18.9 Å². The quantitative estimate of drug-likeness (QED) is 0.493. The first kappa shape index (κ1) is 26.2. The SMILES string of the molecule is C=C[B-](F)(F)F.C=Cc1cc(C(=O)OC)n(C)n1.COC(=O)c1cc(Br)nn1C. The highest BCUT2D eigenvalue weighted by Crippen LogP contribution is 2.10. The molecule has 0 bridgehead atoms. The molecular weight excluding hydrogens is 460 g/mol. The summed E-state index contributed by atoms with van der Waals surface area (Å²) in [5, 5.41) is 7.91. The summed E-state index contributed by atoms with van der Waals surface area (Å²) in [6, 6.07) is 3.23. The molecule has 0 fully saturated rings. The van der Waals surface area contributed by atoms with E-state index in [-0.39, 0.29) is 11.9 Å². The van der Waals surface area contributed by atoms with Gasteiger partial charge in [-0.15, -0.1) is 6.58 Å². The topological polar surface area (TPSA) is 88.2 Å². The maximum atomic E-state index is 11.0. The molecule has 0 saturated heterocycles. The maximum absolute atomic E-state index is 11.0. The van der Waals surface area contributed by atoms with Gasteiger partial charge in [0.25, 0.3) is 0 Å². The summed E-state index contributed by atoms with van der Waals surface area (Å²) in [6.45, 7) is 1.36. The van der Waals surface area contributed by atoms with Crippen LogP contribution in [0.25, 0.3) is 6.08 Å². The number of nitrogens with zero attached hydrogens (tertiary/aromatic N) is 4. The number of aromatic nitrogens is 4. The molecule has 160 valence electrons. The average molecular weight is 480 g/mol. The minimum atomic E-state index is -4.72. The number of ether oxygens (including phenoxy) is 2. The Morgan fingerprint density at radius 2 is 1.45 bits per heavy atom. The van der Waals surface area contributed by atoms with Crippen LogP contribution in [0, 0.1) is 0 Å². The van der Waals surface area contributed by atoms with Gasteiger partial charge in [0.15, 0.2) is 0 Å². The van der Waals surface area contributed by atoms with Crippen LogP contribution in [-0.2, 0) is 23.6 Å². The number of carbonyl (C=O) groups is 2. The first-order valence-corrected chi connectivity index (χ1v) is 8.55. The number of halogens is 4. The number of rotatable bonds is 4. The van der Waals surface area contributed by atoms with E-state index in [1.54, 1.807) is 32.3 Å². The van der Waals surface area contributed by atoms with E-state index in [9.17, 15) is 22.5 Å². The summed E-state index contributed by atoms with van der Waals surface area (Å²) in [5.74, 6) is -0.774. The lowest BCUT2D eigenvalue weighted by atomic mass is 9.94. The van der Waals surface area contributed by atoms with E-state index < -0.39 is 12.9 Å². The fraction of sp³-hybridized carbons (Fsp3) is 0.250. The Kier molecular flexibility index (Phi) is 10.7. The Morgan fingerprint density at radius 1 is 1.03 bits per heavy atom. The normalized spacial score (nSPS) is 9.93. The van der Waals surface area contributed by atoms with E-state index in [1.807, 2.05) is 0 Å². The third-order valence-corrected chi connectivity index (χ3v) is 3.40. The van der Waals surface area contributed by atoms with Crippen LogP contribution in [0.4, 0.5) is 12.9 Å². The van der Waals surface area contributed by atoms with Crippen molar-refractivity contribution in [3.63, 3.8) is 0 Å². The van der Waals surface area contributed by atoms with Crippen molar-refractivity contribution < 1.29 is 32.0 Å². The molecule has 29 heavy (non-hydrogen) atoms. The van der Waals surface area contributed by atoms with Gasteiger partial charge in [-0.3, -0.25) is 9.36 Å². The van der Waals surface area contributed by atoms with Crippen LogP contribution < -0.4 is 0 Å². The van der Waals surface area contributed by atoms with Crippen molar-refractivity contribution in [2.45, 2.75) is 0 Å². The molecule has 0 aliphatic carbocycles. The molecule has 0 atom stereocenters. The Balaban J connectivity index is 0.000000430. The summed E-state index contributed by atoms with van der Waals surface area (Å²) in [5.41, 5.74) is 1.52. The smallest absolute Gasteiger partial charge is 0.464 e. The van der Waals surface area contributed by atoms with Gasteiger partial charge in [0.2, 0.25) is 0 Å². The largest absolute Gasteiger partial charge is 0.501 e. The molecule has 0 aliphatic rings. The van der Waals surface area contributed by atoms with Crippen LogP contribution in [0.1, 0.15) is 26.7 Å². The Hall–Kier alpha value is -2.83. The summed E-state index contributed by atoms with van der Waals surface area (Å²) in [6.07, 6.45) is 1.58. The first-order chi connectivity index (χ1) is 13.4. The van der Waals surface area contributed by atoms with Gasteiger partial charge in [-0.2, -0.15) is 16.2 Å². The zero-order valence-corrected chi connectivity index (χ0v) is 17.8. The highest BCUT2D eigenvalue weighted by molar-refractivity contribution is 9.10. The van der Waals surface area contributed by atoms with E-state index in [2.05, 4.69) is 48.8 Å². The van der Waals surface area contributed by atoms with Crippen molar-refractivity contribution in [2.24, 2.45) is 14.1 Å². The molecule has 2 aromatic heterocycles. The summed E-state index contributed by atoms with van der Waals surface area (Å²) < 4.78 is 44.8. The summed E-state index contributed by atoms with van der Waals surface area (Å²) in [7, 11) is 6.03. The fourth-order valence-electron chi connectivity index (χ4n) is 1.61. The second-order valence-corrected chi connectivity index (χ2v) is 5.91. The first-order valence-electron chi connectivity index (χ1n) is 7.76. The van der Waals surface area contributed by atoms with Crippen molar-refractivity contribution >= 4 is 40.9 Å². The van der Waals surface area contributed by atoms with E-state index in [4.69, 9.17) is 0 Å². The van der Waals surface area contributed by atoms with Gasteiger partial charge < -0.3 is 22.4 Å². The number of methoxy groups -OCH3 is 2. The molecule has 8 nitrogen and oxygen atoms in total. The number of carbonyl (C=O) groups excluding carboxylic acids is 2. The van der Waals surface area contributed by atoms with E-state index in [1.165, 1.54) is 23.6 Å². The number of hydrogen-bond donors (Lipinski definition) is 0. The number of esters is 2. The van der Waals surface area contributed by atoms with Gasteiger partial charge in [0.1, 0.15) is 16.0 Å². The van der Waals surface area contributed by atoms with Crippen LogP contribution in [-0.4, -0.2) is 52.7 Å². The van der Waals surface area contributed by atoms with Crippen LogP contribution in [0.15, 0.2) is 35.9 Å². The van der Waals surface area contributed by atoms with Gasteiger partial charge in [-0.1, -0.05) is 6.58 Å². The lowest BCUT2D eigenvalue weighted by Gasteiger charge is -2.02. The van der Waals surface area contributed by atoms with Gasteiger partial charge in [-0.05, 0) is 28.1 Å². The lowest BCUT2D eigenvalue weighted by molar-refractivity contribution is 0.0579. The highest BCUT2D eigenvalue weighted by Gasteiger charge is 2.15. The highest BCUT2D eigenvalue weighted by atomic mass is 79.9. The average Bonchev–Trinajstić information content (AvgIpc) is 3.22. The fourth-order valence-corrected chi connectivity index (χ4v) is 2.07. The van der Waals surface area contributed by atoms with Crippen molar-refractivity contribution in [3.05, 3.63) is 53.0 Å². The molecule has 2 aromatic rings. The molecule has 0 unspecified atom stereocenters. The molecule has 0 amide bonds. The summed E-state index contributed by atoms with van der Waals surface area (Å²) >= 11 is 3.14.